The summed E-state index contributed by atoms with van der Waals surface area (Å²) in [7, 11) is -3.70. The summed E-state index contributed by atoms with van der Waals surface area (Å²) in [5, 5.41) is 0. The van der Waals surface area contributed by atoms with Crippen LogP contribution in [0.4, 0.5) is 0 Å². The van der Waals surface area contributed by atoms with E-state index in [4.69, 9.17) is 4.42 Å². The average molecular weight is 310 g/mol. The van der Waals surface area contributed by atoms with Crippen molar-refractivity contribution in [2.45, 2.75) is 38.3 Å². The third-order valence-electron chi connectivity index (χ3n) is 3.05. The summed E-state index contributed by atoms with van der Waals surface area (Å²) in [5.41, 5.74) is -0.341. The number of aryl methyl sites for hydroxylation is 1. The van der Waals surface area contributed by atoms with E-state index in [-0.39, 0.29) is 23.0 Å². The van der Waals surface area contributed by atoms with Gasteiger partial charge in [0.25, 0.3) is 0 Å². The number of pyridine rings is 1. The fraction of sp³-hybridized carbons (Fsp3) is 0.357. The molecule has 0 aromatic carbocycles. The van der Waals surface area contributed by atoms with E-state index in [9.17, 15) is 13.2 Å². The zero-order valence-corrected chi connectivity index (χ0v) is 13.0. The number of nitrogens with one attached hydrogen (secondary N) is 1. The van der Waals surface area contributed by atoms with Crippen LogP contribution >= 0.6 is 0 Å². The van der Waals surface area contributed by atoms with Crippen molar-refractivity contribution in [1.82, 2.24) is 9.29 Å². The fourth-order valence-electron chi connectivity index (χ4n) is 1.96. The first-order valence-electron chi connectivity index (χ1n) is 6.56. The van der Waals surface area contributed by atoms with Gasteiger partial charge in [-0.25, -0.2) is 8.42 Å². The second kappa shape index (κ2) is 5.87. The predicted molar refractivity (Wildman–Crippen MR) is 78.4 cm³/mol. The van der Waals surface area contributed by atoms with E-state index < -0.39 is 10.0 Å². The lowest BCUT2D eigenvalue weighted by Crippen LogP contribution is -2.36. The van der Waals surface area contributed by atoms with E-state index in [1.165, 1.54) is 22.6 Å². The molecule has 2 heterocycles. The van der Waals surface area contributed by atoms with Gasteiger partial charge in [0, 0.05) is 18.3 Å². The first-order chi connectivity index (χ1) is 9.80. The van der Waals surface area contributed by atoms with Crippen molar-refractivity contribution in [2.24, 2.45) is 0 Å². The maximum absolute atomic E-state index is 12.7. The number of nitrogens with zero attached hydrogens (tertiary/aromatic N) is 1. The van der Waals surface area contributed by atoms with Crippen LogP contribution < -0.4 is 5.56 Å². The maximum Gasteiger partial charge on any atom is 0.247 e. The summed E-state index contributed by atoms with van der Waals surface area (Å²) < 4.78 is 32.1. The minimum absolute atomic E-state index is 0.0547. The number of aromatic nitrogens is 1. The molecule has 21 heavy (non-hydrogen) atoms. The normalized spacial score (nSPS) is 12.2. The number of H-pyrrole nitrogens is 1. The van der Waals surface area contributed by atoms with Crippen LogP contribution in [-0.2, 0) is 16.6 Å². The Labute approximate surface area is 123 Å². The summed E-state index contributed by atoms with van der Waals surface area (Å²) in [6.07, 6.45) is 1.21. The SMILES string of the molecule is Cc1ccc(CN(C(C)C)S(=O)(=O)c2ccc(=O)[nH]c2)o1. The predicted octanol–water partition coefficient (Wildman–Crippen LogP) is 1.88. The van der Waals surface area contributed by atoms with Gasteiger partial charge in [0.05, 0.1) is 11.4 Å². The van der Waals surface area contributed by atoms with Gasteiger partial charge in [0.15, 0.2) is 0 Å². The van der Waals surface area contributed by atoms with Crippen LogP contribution in [-0.4, -0.2) is 23.7 Å². The Balaban J connectivity index is 2.36. The molecule has 0 aliphatic rings. The molecule has 0 aliphatic heterocycles. The lowest BCUT2D eigenvalue weighted by atomic mass is 10.3. The number of rotatable bonds is 5. The van der Waals surface area contributed by atoms with Gasteiger partial charge in [0.2, 0.25) is 15.6 Å². The van der Waals surface area contributed by atoms with Crippen LogP contribution in [0.2, 0.25) is 0 Å². The second-order valence-corrected chi connectivity index (χ2v) is 6.94. The molecule has 0 saturated carbocycles. The van der Waals surface area contributed by atoms with Crippen molar-refractivity contribution in [1.29, 1.82) is 0 Å². The highest BCUT2D eigenvalue weighted by atomic mass is 32.2. The van der Waals surface area contributed by atoms with Gasteiger partial charge in [-0.3, -0.25) is 4.79 Å². The highest BCUT2D eigenvalue weighted by molar-refractivity contribution is 7.89. The zero-order valence-electron chi connectivity index (χ0n) is 12.2. The van der Waals surface area contributed by atoms with Gasteiger partial charge in [-0.2, -0.15) is 4.31 Å². The number of aromatic amines is 1. The molecule has 114 valence electrons. The molecule has 6 nitrogen and oxygen atoms in total. The quantitative estimate of drug-likeness (QED) is 0.914. The summed E-state index contributed by atoms with van der Waals surface area (Å²) in [6.45, 7) is 5.53. The zero-order chi connectivity index (χ0) is 15.6. The number of sulfonamides is 1. The topological polar surface area (TPSA) is 83.4 Å². The van der Waals surface area contributed by atoms with Crippen LogP contribution in [0.3, 0.4) is 0 Å². The number of hydrogen-bond donors (Lipinski definition) is 1. The Morgan fingerprint density at radius 3 is 2.43 bits per heavy atom. The van der Waals surface area contributed by atoms with E-state index in [1.807, 2.05) is 0 Å². The lowest BCUT2D eigenvalue weighted by molar-refractivity contribution is 0.314. The highest BCUT2D eigenvalue weighted by Gasteiger charge is 2.28. The summed E-state index contributed by atoms with van der Waals surface area (Å²) in [4.78, 5) is 13.5. The standard InChI is InChI=1S/C14H18N2O4S/c1-10(2)16(9-12-5-4-11(3)20-12)21(18,19)13-6-7-14(17)15-8-13/h4-8,10H,9H2,1-3H3,(H,15,17). The largest absolute Gasteiger partial charge is 0.465 e. The van der Waals surface area contributed by atoms with Crippen LogP contribution in [0.25, 0.3) is 0 Å². The van der Waals surface area contributed by atoms with E-state index in [0.717, 1.165) is 5.76 Å². The summed E-state index contributed by atoms with van der Waals surface area (Å²) in [5.74, 6) is 1.31. The number of hydrogen-bond acceptors (Lipinski definition) is 4. The number of furan rings is 1. The first kappa shape index (κ1) is 15.5. The maximum atomic E-state index is 12.7. The van der Waals surface area contributed by atoms with E-state index in [1.54, 1.807) is 32.9 Å². The van der Waals surface area contributed by atoms with Crippen LogP contribution in [0.15, 0.2) is 44.6 Å². The van der Waals surface area contributed by atoms with E-state index >= 15 is 0 Å². The Morgan fingerprint density at radius 1 is 1.24 bits per heavy atom. The van der Waals surface area contributed by atoms with Gasteiger partial charge < -0.3 is 9.40 Å². The van der Waals surface area contributed by atoms with E-state index in [2.05, 4.69) is 4.98 Å². The minimum atomic E-state index is -3.70. The Morgan fingerprint density at radius 2 is 1.95 bits per heavy atom. The molecule has 0 saturated heterocycles. The van der Waals surface area contributed by atoms with Crippen LogP contribution in [0.1, 0.15) is 25.4 Å². The van der Waals surface area contributed by atoms with Crippen molar-refractivity contribution in [3.8, 4) is 0 Å². The molecule has 0 spiro atoms. The molecule has 0 atom stereocenters. The molecule has 0 bridgehead atoms. The molecule has 2 aromatic rings. The molecule has 0 amide bonds. The van der Waals surface area contributed by atoms with Gasteiger partial charge in [-0.1, -0.05) is 0 Å². The van der Waals surface area contributed by atoms with Crippen molar-refractivity contribution in [3.05, 3.63) is 52.3 Å². The molecule has 0 fully saturated rings. The molecule has 1 N–H and O–H groups in total. The van der Waals surface area contributed by atoms with Crippen LogP contribution in [0, 0.1) is 6.92 Å². The fourth-order valence-corrected chi connectivity index (χ4v) is 3.53. The van der Waals surface area contributed by atoms with Crippen molar-refractivity contribution < 1.29 is 12.8 Å². The molecule has 7 heteroatoms. The smallest absolute Gasteiger partial charge is 0.247 e. The highest BCUT2D eigenvalue weighted by Crippen LogP contribution is 2.20. The molecule has 2 aromatic heterocycles. The first-order valence-corrected chi connectivity index (χ1v) is 8.00. The van der Waals surface area contributed by atoms with Gasteiger partial charge >= 0.3 is 0 Å². The average Bonchev–Trinajstić information content (AvgIpc) is 2.81. The van der Waals surface area contributed by atoms with Gasteiger partial charge in [-0.15, -0.1) is 0 Å². The van der Waals surface area contributed by atoms with Gasteiger partial charge in [-0.05, 0) is 39.0 Å². The van der Waals surface area contributed by atoms with Crippen molar-refractivity contribution in [3.63, 3.8) is 0 Å². The third-order valence-corrected chi connectivity index (χ3v) is 5.06. The third kappa shape index (κ3) is 3.43. The van der Waals surface area contributed by atoms with Crippen molar-refractivity contribution >= 4 is 10.0 Å². The Bertz CT molecular complexity index is 754. The Hall–Kier alpha value is -1.86. The molecular formula is C14H18N2O4S. The van der Waals surface area contributed by atoms with Gasteiger partial charge in [0.1, 0.15) is 11.5 Å². The lowest BCUT2D eigenvalue weighted by Gasteiger charge is -2.24. The molecular weight excluding hydrogens is 292 g/mol. The van der Waals surface area contributed by atoms with Crippen molar-refractivity contribution in [2.75, 3.05) is 0 Å². The summed E-state index contributed by atoms with van der Waals surface area (Å²) in [6, 6.07) is 5.81. The van der Waals surface area contributed by atoms with Crippen LogP contribution in [0.5, 0.6) is 0 Å². The molecule has 0 aliphatic carbocycles. The summed E-state index contributed by atoms with van der Waals surface area (Å²) >= 11 is 0. The molecule has 0 radical (unpaired) electrons. The second-order valence-electron chi connectivity index (χ2n) is 5.04. The molecule has 0 unspecified atom stereocenters. The monoisotopic (exact) mass is 310 g/mol. The van der Waals surface area contributed by atoms with E-state index in [0.29, 0.717) is 5.76 Å². The minimum Gasteiger partial charge on any atom is -0.465 e. The molecule has 2 rings (SSSR count). The Kier molecular flexibility index (Phi) is 4.34.